The molecule has 1 aliphatic carbocycles. The first-order valence-corrected chi connectivity index (χ1v) is 12.7. The maximum atomic E-state index is 13.6. The molecule has 0 spiro atoms. The van der Waals surface area contributed by atoms with Crippen LogP contribution in [0.25, 0.3) is 0 Å². The summed E-state index contributed by atoms with van der Waals surface area (Å²) in [7, 11) is 0. The number of carboxylic acids is 1. The summed E-state index contributed by atoms with van der Waals surface area (Å²) in [5.74, 6) is -4.74. The van der Waals surface area contributed by atoms with Crippen molar-refractivity contribution in [1.29, 1.82) is 0 Å². The fraction of sp³-hybridized carbons (Fsp3) is 0.600. The van der Waals surface area contributed by atoms with Crippen LogP contribution in [-0.2, 0) is 23.8 Å². The summed E-state index contributed by atoms with van der Waals surface area (Å²) in [4.78, 5) is 24.9. The third-order valence-corrected chi connectivity index (χ3v) is 6.90. The molecule has 1 atom stereocenters. The van der Waals surface area contributed by atoms with Gasteiger partial charge in [0.2, 0.25) is 5.82 Å². The van der Waals surface area contributed by atoms with Crippen molar-refractivity contribution in [3.63, 3.8) is 0 Å². The molecule has 0 saturated heterocycles. The van der Waals surface area contributed by atoms with E-state index in [4.69, 9.17) is 0 Å². The molecule has 3 heterocycles. The molecule has 2 aromatic heterocycles. The number of unbranched alkanes of at least 4 members (excludes halogenated alkanes) is 1. The Hall–Kier alpha value is -3.09. The number of carboxylic acid groups (broad SMARTS) is 1. The SMILES string of the molecule is O=C(O)[C@H](CCN(CCCCc1ccc2c(n1)NCCC2)C1CC(F)(F)C1)Nc1ccnc(C(F)(F)F)n1. The lowest BCUT2D eigenvalue weighted by Crippen LogP contribution is -2.52. The van der Waals surface area contributed by atoms with E-state index in [0.717, 1.165) is 56.0 Å². The summed E-state index contributed by atoms with van der Waals surface area (Å²) in [6, 6.07) is 3.62. The number of halogens is 5. The maximum absolute atomic E-state index is 13.6. The van der Waals surface area contributed by atoms with Crippen LogP contribution in [0.4, 0.5) is 33.6 Å². The summed E-state index contributed by atoms with van der Waals surface area (Å²) in [5.41, 5.74) is 2.16. The van der Waals surface area contributed by atoms with Crippen molar-refractivity contribution in [3.8, 4) is 0 Å². The van der Waals surface area contributed by atoms with Crippen LogP contribution in [-0.4, -0.2) is 68.6 Å². The molecule has 0 aromatic carbocycles. The molecule has 2 aromatic rings. The van der Waals surface area contributed by atoms with E-state index in [-0.39, 0.29) is 37.7 Å². The van der Waals surface area contributed by atoms with Crippen LogP contribution in [0.1, 0.15) is 55.6 Å². The van der Waals surface area contributed by atoms with E-state index in [0.29, 0.717) is 13.0 Å². The van der Waals surface area contributed by atoms with Gasteiger partial charge in [0.1, 0.15) is 17.7 Å². The second-order valence-electron chi connectivity index (χ2n) is 9.84. The van der Waals surface area contributed by atoms with Gasteiger partial charge in [-0.25, -0.2) is 28.5 Å². The van der Waals surface area contributed by atoms with Crippen LogP contribution in [0.2, 0.25) is 0 Å². The zero-order chi connectivity index (χ0) is 27.3. The number of aryl methyl sites for hydroxylation is 2. The molecule has 13 heteroatoms. The molecule has 0 bridgehead atoms. The van der Waals surface area contributed by atoms with E-state index in [2.05, 4.69) is 31.7 Å². The summed E-state index contributed by atoms with van der Waals surface area (Å²) in [5, 5.41) is 15.4. The monoisotopic (exact) mass is 542 g/mol. The van der Waals surface area contributed by atoms with Gasteiger partial charge >= 0.3 is 12.1 Å². The highest BCUT2D eigenvalue weighted by molar-refractivity contribution is 5.76. The number of nitrogens with zero attached hydrogens (tertiary/aromatic N) is 4. The molecule has 1 saturated carbocycles. The first-order valence-electron chi connectivity index (χ1n) is 12.7. The second kappa shape index (κ2) is 11.7. The Balaban J connectivity index is 1.32. The zero-order valence-electron chi connectivity index (χ0n) is 20.8. The molecule has 1 fully saturated rings. The van der Waals surface area contributed by atoms with Crippen molar-refractivity contribution < 1.29 is 31.9 Å². The number of pyridine rings is 1. The van der Waals surface area contributed by atoms with Crippen LogP contribution in [0.3, 0.4) is 0 Å². The predicted molar refractivity (Wildman–Crippen MR) is 130 cm³/mol. The highest BCUT2D eigenvalue weighted by Crippen LogP contribution is 2.40. The standard InChI is InChI=1S/C25H31F5N6O2/c26-24(27)14-18(15-24)36(12-2-1-5-17-7-6-16-4-3-10-31-21(16)33-17)13-9-19(22(37)38)34-20-8-11-32-23(35-20)25(28,29)30/h6-8,11,18-19H,1-5,9-10,12-15H2,(H,31,33)(H,37,38)(H,32,34,35)/t19-/m0/s1. The van der Waals surface area contributed by atoms with Gasteiger partial charge in [0.25, 0.3) is 5.92 Å². The van der Waals surface area contributed by atoms with E-state index in [1.54, 1.807) is 0 Å². The molecule has 0 amide bonds. The van der Waals surface area contributed by atoms with E-state index in [1.165, 1.54) is 5.56 Å². The minimum atomic E-state index is -4.77. The van der Waals surface area contributed by atoms with Gasteiger partial charge in [-0.15, -0.1) is 0 Å². The van der Waals surface area contributed by atoms with Crippen LogP contribution >= 0.6 is 0 Å². The van der Waals surface area contributed by atoms with Gasteiger partial charge in [-0.05, 0) is 62.8 Å². The third kappa shape index (κ3) is 7.49. The van der Waals surface area contributed by atoms with Crippen LogP contribution in [0, 0.1) is 0 Å². The summed E-state index contributed by atoms with van der Waals surface area (Å²) < 4.78 is 65.9. The Kier molecular flexibility index (Phi) is 8.64. The molecule has 208 valence electrons. The number of fused-ring (bicyclic) bond motifs is 1. The Morgan fingerprint density at radius 2 is 1.97 bits per heavy atom. The minimum Gasteiger partial charge on any atom is -0.480 e. The topological polar surface area (TPSA) is 103 Å². The number of aromatic nitrogens is 3. The molecule has 1 aliphatic heterocycles. The number of hydrogen-bond donors (Lipinski definition) is 3. The molecule has 0 radical (unpaired) electrons. The molecular weight excluding hydrogens is 511 g/mol. The van der Waals surface area contributed by atoms with Gasteiger partial charge < -0.3 is 15.7 Å². The normalized spacial score (nSPS) is 17.8. The van der Waals surface area contributed by atoms with E-state index < -0.39 is 29.9 Å². The van der Waals surface area contributed by atoms with Crippen LogP contribution < -0.4 is 10.6 Å². The van der Waals surface area contributed by atoms with Gasteiger partial charge in [0.15, 0.2) is 0 Å². The lowest BCUT2D eigenvalue weighted by Gasteiger charge is -2.43. The third-order valence-electron chi connectivity index (χ3n) is 6.90. The fourth-order valence-corrected chi connectivity index (χ4v) is 4.80. The first kappa shape index (κ1) is 27.9. The predicted octanol–water partition coefficient (Wildman–Crippen LogP) is 4.63. The first-order chi connectivity index (χ1) is 18.0. The molecule has 0 unspecified atom stereocenters. The average molecular weight is 543 g/mol. The molecular formula is C25H31F5N6O2. The Morgan fingerprint density at radius 1 is 1.18 bits per heavy atom. The number of hydrogen-bond acceptors (Lipinski definition) is 7. The lowest BCUT2D eigenvalue weighted by atomic mass is 9.86. The Bertz CT molecular complexity index is 1110. The van der Waals surface area contributed by atoms with Crippen molar-refractivity contribution >= 4 is 17.6 Å². The largest absolute Gasteiger partial charge is 0.480 e. The quantitative estimate of drug-likeness (QED) is 0.264. The smallest absolute Gasteiger partial charge is 0.451 e. The number of anilines is 2. The van der Waals surface area contributed by atoms with Crippen molar-refractivity contribution in [2.24, 2.45) is 0 Å². The van der Waals surface area contributed by atoms with Crippen LogP contribution in [0.15, 0.2) is 24.4 Å². The Labute approximate surface area is 217 Å². The van der Waals surface area contributed by atoms with Crippen molar-refractivity contribution in [2.75, 3.05) is 30.3 Å². The average Bonchev–Trinajstić information content (AvgIpc) is 2.85. The van der Waals surface area contributed by atoms with Crippen LogP contribution in [0.5, 0.6) is 0 Å². The van der Waals surface area contributed by atoms with Gasteiger partial charge in [-0.1, -0.05) is 6.07 Å². The van der Waals surface area contributed by atoms with E-state index >= 15 is 0 Å². The minimum absolute atomic E-state index is 0.000800. The number of rotatable bonds is 12. The summed E-state index contributed by atoms with van der Waals surface area (Å²) in [6.45, 7) is 1.60. The van der Waals surface area contributed by atoms with E-state index in [9.17, 15) is 31.9 Å². The van der Waals surface area contributed by atoms with Gasteiger partial charge in [-0.3, -0.25) is 4.90 Å². The van der Waals surface area contributed by atoms with E-state index in [1.807, 2.05) is 11.0 Å². The fourth-order valence-electron chi connectivity index (χ4n) is 4.80. The maximum Gasteiger partial charge on any atom is 0.451 e. The molecule has 4 rings (SSSR count). The molecule has 2 aliphatic rings. The van der Waals surface area contributed by atoms with Crippen molar-refractivity contribution in [1.82, 2.24) is 19.9 Å². The summed E-state index contributed by atoms with van der Waals surface area (Å²) >= 11 is 0. The van der Waals surface area contributed by atoms with Crippen molar-refractivity contribution in [2.45, 2.75) is 75.5 Å². The van der Waals surface area contributed by atoms with Gasteiger partial charge in [0, 0.05) is 43.9 Å². The number of carbonyl (C=O) groups is 1. The second-order valence-corrected chi connectivity index (χ2v) is 9.84. The Morgan fingerprint density at radius 3 is 2.68 bits per heavy atom. The number of aliphatic carboxylic acids is 1. The zero-order valence-corrected chi connectivity index (χ0v) is 20.8. The van der Waals surface area contributed by atoms with Crippen molar-refractivity contribution in [3.05, 3.63) is 41.5 Å². The molecule has 8 nitrogen and oxygen atoms in total. The lowest BCUT2D eigenvalue weighted by molar-refractivity contribution is -0.144. The van der Waals surface area contributed by atoms with Gasteiger partial charge in [-0.2, -0.15) is 13.2 Å². The summed E-state index contributed by atoms with van der Waals surface area (Å²) in [6.07, 6.45) is -0.152. The number of alkyl halides is 5. The number of nitrogens with one attached hydrogen (secondary N) is 2. The van der Waals surface area contributed by atoms with Gasteiger partial charge in [0.05, 0.1) is 0 Å². The molecule has 38 heavy (non-hydrogen) atoms. The highest BCUT2D eigenvalue weighted by Gasteiger charge is 2.47. The highest BCUT2D eigenvalue weighted by atomic mass is 19.4. The molecule has 3 N–H and O–H groups in total.